The molecule has 0 aliphatic heterocycles. The van der Waals surface area contributed by atoms with Crippen LogP contribution in [0.5, 0.6) is 5.75 Å². The molecular formula is C19H21NO4S. The van der Waals surface area contributed by atoms with Gasteiger partial charge in [0.1, 0.15) is 5.75 Å². The van der Waals surface area contributed by atoms with Crippen LogP contribution in [0.2, 0.25) is 0 Å². The van der Waals surface area contributed by atoms with E-state index in [4.69, 9.17) is 9.47 Å². The van der Waals surface area contributed by atoms with Gasteiger partial charge in [0, 0.05) is 10.6 Å². The highest BCUT2D eigenvalue weighted by atomic mass is 32.2. The number of esters is 1. The molecule has 0 saturated heterocycles. The maximum atomic E-state index is 12.5. The summed E-state index contributed by atoms with van der Waals surface area (Å²) in [5, 5.41) is 2.58. The zero-order valence-corrected chi connectivity index (χ0v) is 15.5. The minimum atomic E-state index is -0.434. The monoisotopic (exact) mass is 359 g/mol. The number of ether oxygens (including phenoxy) is 2. The lowest BCUT2D eigenvalue weighted by Crippen LogP contribution is -2.23. The van der Waals surface area contributed by atoms with Crippen molar-refractivity contribution in [3.8, 4) is 5.75 Å². The Kier molecular flexibility index (Phi) is 6.47. The summed E-state index contributed by atoms with van der Waals surface area (Å²) in [6.07, 6.45) is 0. The number of amides is 1. The van der Waals surface area contributed by atoms with Crippen LogP contribution >= 0.6 is 11.8 Å². The first-order chi connectivity index (χ1) is 11.9. The van der Waals surface area contributed by atoms with Gasteiger partial charge in [-0.15, -0.1) is 11.8 Å². The molecule has 132 valence electrons. The van der Waals surface area contributed by atoms with Crippen LogP contribution in [0.15, 0.2) is 47.4 Å². The quantitative estimate of drug-likeness (QED) is 0.626. The second kappa shape index (κ2) is 8.58. The van der Waals surface area contributed by atoms with Gasteiger partial charge >= 0.3 is 5.97 Å². The van der Waals surface area contributed by atoms with Crippen molar-refractivity contribution in [2.45, 2.75) is 24.0 Å². The van der Waals surface area contributed by atoms with Crippen LogP contribution in [-0.4, -0.2) is 31.3 Å². The van der Waals surface area contributed by atoms with E-state index in [9.17, 15) is 9.59 Å². The van der Waals surface area contributed by atoms with Crippen LogP contribution in [-0.2, 0) is 9.53 Å². The molecule has 1 N–H and O–H groups in total. The van der Waals surface area contributed by atoms with E-state index in [-0.39, 0.29) is 11.2 Å². The highest BCUT2D eigenvalue weighted by Gasteiger charge is 2.16. The number of rotatable bonds is 6. The highest BCUT2D eigenvalue weighted by molar-refractivity contribution is 8.00. The number of carbonyl (C=O) groups is 2. The molecule has 0 heterocycles. The fourth-order valence-corrected chi connectivity index (χ4v) is 3.02. The molecule has 0 fully saturated rings. The van der Waals surface area contributed by atoms with Crippen LogP contribution in [0.1, 0.15) is 22.8 Å². The fourth-order valence-electron chi connectivity index (χ4n) is 2.15. The summed E-state index contributed by atoms with van der Waals surface area (Å²) in [6, 6.07) is 12.6. The smallest absolute Gasteiger partial charge is 0.337 e. The Hall–Kier alpha value is -2.47. The van der Waals surface area contributed by atoms with Gasteiger partial charge in [0.25, 0.3) is 0 Å². The number of benzene rings is 2. The highest BCUT2D eigenvalue weighted by Crippen LogP contribution is 2.27. The summed E-state index contributed by atoms with van der Waals surface area (Å²) in [4.78, 5) is 25.1. The zero-order valence-electron chi connectivity index (χ0n) is 14.7. The van der Waals surface area contributed by atoms with Crippen molar-refractivity contribution in [2.24, 2.45) is 0 Å². The lowest BCUT2D eigenvalue weighted by atomic mass is 10.1. The normalized spacial score (nSPS) is 11.5. The Labute approximate surface area is 151 Å². The molecule has 1 atom stereocenters. The molecule has 2 rings (SSSR count). The van der Waals surface area contributed by atoms with Crippen molar-refractivity contribution in [1.82, 2.24) is 0 Å². The molecule has 6 heteroatoms. The third-order valence-corrected chi connectivity index (χ3v) is 4.77. The van der Waals surface area contributed by atoms with Gasteiger partial charge in [0.2, 0.25) is 5.91 Å². The Bertz CT molecular complexity index is 759. The third kappa shape index (κ3) is 5.00. The van der Waals surface area contributed by atoms with Crippen molar-refractivity contribution in [3.05, 3.63) is 53.6 Å². The molecule has 2 aromatic carbocycles. The average molecular weight is 359 g/mol. The van der Waals surface area contributed by atoms with E-state index in [0.717, 1.165) is 16.2 Å². The molecule has 1 amide bonds. The number of hydrogen-bond donors (Lipinski definition) is 1. The minimum absolute atomic E-state index is 0.133. The van der Waals surface area contributed by atoms with Gasteiger partial charge in [-0.25, -0.2) is 4.79 Å². The number of methoxy groups -OCH3 is 2. The second-order valence-electron chi connectivity index (χ2n) is 5.45. The van der Waals surface area contributed by atoms with E-state index in [2.05, 4.69) is 5.32 Å². The van der Waals surface area contributed by atoms with E-state index in [0.29, 0.717) is 11.3 Å². The standard InChI is InChI=1S/C19H21NO4S/c1-12-5-6-14(19(22)24-4)11-17(12)20-18(21)13(2)25-16-9-7-15(23-3)8-10-16/h5-11,13H,1-4H3,(H,20,21)/t13-/m0/s1. The lowest BCUT2D eigenvalue weighted by molar-refractivity contribution is -0.115. The maximum absolute atomic E-state index is 12.5. The number of thioether (sulfide) groups is 1. The van der Waals surface area contributed by atoms with Crippen LogP contribution < -0.4 is 10.1 Å². The molecule has 0 radical (unpaired) electrons. The first-order valence-corrected chi connectivity index (χ1v) is 8.63. The largest absolute Gasteiger partial charge is 0.497 e. The minimum Gasteiger partial charge on any atom is -0.497 e. The topological polar surface area (TPSA) is 64.6 Å². The summed E-state index contributed by atoms with van der Waals surface area (Å²) in [5.41, 5.74) is 1.89. The van der Waals surface area contributed by atoms with Crippen LogP contribution in [0.25, 0.3) is 0 Å². The van der Waals surface area contributed by atoms with E-state index >= 15 is 0 Å². The molecule has 0 saturated carbocycles. The van der Waals surface area contributed by atoms with Gasteiger partial charge in [-0.3, -0.25) is 4.79 Å². The molecule has 0 unspecified atom stereocenters. The third-order valence-electron chi connectivity index (χ3n) is 3.66. The number of nitrogens with one attached hydrogen (secondary N) is 1. The zero-order chi connectivity index (χ0) is 18.4. The fraction of sp³-hybridized carbons (Fsp3) is 0.263. The van der Waals surface area contributed by atoms with Gasteiger partial charge < -0.3 is 14.8 Å². The van der Waals surface area contributed by atoms with Gasteiger partial charge in [0.15, 0.2) is 0 Å². The van der Waals surface area contributed by atoms with Gasteiger partial charge in [0.05, 0.1) is 25.0 Å². The van der Waals surface area contributed by atoms with Gasteiger partial charge in [-0.1, -0.05) is 6.07 Å². The molecular weight excluding hydrogens is 338 g/mol. The average Bonchev–Trinajstić information content (AvgIpc) is 2.63. The van der Waals surface area contributed by atoms with Gasteiger partial charge in [-0.2, -0.15) is 0 Å². The summed E-state index contributed by atoms with van der Waals surface area (Å²) in [5.74, 6) is 0.207. The van der Waals surface area contributed by atoms with Crippen molar-refractivity contribution >= 4 is 29.3 Å². The SMILES string of the molecule is COC(=O)c1ccc(C)c(NC(=O)[C@H](C)Sc2ccc(OC)cc2)c1. The predicted octanol–water partition coefficient (Wildman–Crippen LogP) is 3.91. The van der Waals surface area contributed by atoms with Gasteiger partial charge in [-0.05, 0) is 55.8 Å². The van der Waals surface area contributed by atoms with Crippen molar-refractivity contribution in [1.29, 1.82) is 0 Å². The van der Waals surface area contributed by atoms with Crippen LogP contribution in [0.4, 0.5) is 5.69 Å². The predicted molar refractivity (Wildman–Crippen MR) is 99.5 cm³/mol. The van der Waals surface area contributed by atoms with Crippen molar-refractivity contribution in [3.63, 3.8) is 0 Å². The van der Waals surface area contributed by atoms with E-state index in [1.807, 2.05) is 38.1 Å². The molecule has 0 aliphatic rings. The number of anilines is 1. The molecule has 0 bridgehead atoms. The van der Waals surface area contributed by atoms with Crippen molar-refractivity contribution < 1.29 is 19.1 Å². The second-order valence-corrected chi connectivity index (χ2v) is 6.86. The van der Waals surface area contributed by atoms with Crippen LogP contribution in [0, 0.1) is 6.92 Å². The molecule has 5 nitrogen and oxygen atoms in total. The summed E-state index contributed by atoms with van der Waals surface area (Å²) < 4.78 is 9.84. The lowest BCUT2D eigenvalue weighted by Gasteiger charge is -2.14. The Morgan fingerprint density at radius 2 is 1.76 bits per heavy atom. The molecule has 0 aliphatic carbocycles. The molecule has 0 aromatic heterocycles. The first-order valence-electron chi connectivity index (χ1n) is 7.75. The molecule has 2 aromatic rings. The Morgan fingerprint density at radius 3 is 2.36 bits per heavy atom. The summed E-state index contributed by atoms with van der Waals surface area (Å²) in [7, 11) is 2.94. The number of carbonyl (C=O) groups excluding carboxylic acids is 2. The molecule has 25 heavy (non-hydrogen) atoms. The van der Waals surface area contributed by atoms with Crippen LogP contribution in [0.3, 0.4) is 0 Å². The number of aryl methyl sites for hydroxylation is 1. The summed E-state index contributed by atoms with van der Waals surface area (Å²) in [6.45, 7) is 3.71. The molecule has 0 spiro atoms. The maximum Gasteiger partial charge on any atom is 0.337 e. The first kappa shape index (κ1) is 18.9. The van der Waals surface area contributed by atoms with E-state index < -0.39 is 5.97 Å². The Balaban J connectivity index is 2.06. The summed E-state index contributed by atoms with van der Waals surface area (Å²) >= 11 is 1.45. The van der Waals surface area contributed by atoms with E-state index in [1.54, 1.807) is 25.3 Å². The number of hydrogen-bond acceptors (Lipinski definition) is 5. The Morgan fingerprint density at radius 1 is 1.08 bits per heavy atom. The van der Waals surface area contributed by atoms with E-state index in [1.165, 1.54) is 18.9 Å². The van der Waals surface area contributed by atoms with Crippen molar-refractivity contribution in [2.75, 3.05) is 19.5 Å².